The summed E-state index contributed by atoms with van der Waals surface area (Å²) in [5.41, 5.74) is 5.74. The third-order valence-electron chi connectivity index (χ3n) is 3.34. The second-order valence-corrected chi connectivity index (χ2v) is 6.67. The lowest BCUT2D eigenvalue weighted by Crippen LogP contribution is -2.24. The van der Waals surface area contributed by atoms with Crippen LogP contribution in [0.4, 0.5) is 5.69 Å². The van der Waals surface area contributed by atoms with Crippen molar-refractivity contribution >= 4 is 17.6 Å². The van der Waals surface area contributed by atoms with Gasteiger partial charge >= 0.3 is 11.9 Å². The van der Waals surface area contributed by atoms with Crippen molar-refractivity contribution in [2.45, 2.75) is 33.0 Å². The fourth-order valence-corrected chi connectivity index (χ4v) is 2.26. The van der Waals surface area contributed by atoms with Crippen LogP contribution in [-0.2, 0) is 11.3 Å². The van der Waals surface area contributed by atoms with Crippen LogP contribution in [0, 0.1) is 0 Å². The number of phenolic OH excluding ortho intramolecular Hbond substituents is 1. The number of nitrogens with two attached hydrogens (primary N) is 1. The molecule has 2 aromatic carbocycles. The molecule has 0 bridgehead atoms. The van der Waals surface area contributed by atoms with Crippen LogP contribution in [0.2, 0.25) is 0 Å². The number of nitrogen functional groups attached to an aromatic ring is 1. The maximum absolute atomic E-state index is 12.3. The Morgan fingerprint density at radius 2 is 1.81 bits per heavy atom. The van der Waals surface area contributed by atoms with Crippen LogP contribution >= 0.6 is 0 Å². The van der Waals surface area contributed by atoms with Crippen LogP contribution in [0.25, 0.3) is 0 Å². The number of hydrogen-bond donors (Lipinski definition) is 3. The van der Waals surface area contributed by atoms with Crippen LogP contribution in [0.1, 0.15) is 47.1 Å². The number of carboxylic acids is 1. The summed E-state index contributed by atoms with van der Waals surface area (Å²) < 4.78 is 10.9. The van der Waals surface area contributed by atoms with Gasteiger partial charge in [0.2, 0.25) is 0 Å². The van der Waals surface area contributed by atoms with Crippen LogP contribution in [-0.4, -0.2) is 27.8 Å². The van der Waals surface area contributed by atoms with E-state index in [1.807, 2.05) is 0 Å². The summed E-state index contributed by atoms with van der Waals surface area (Å²) in [5, 5.41) is 19.3. The van der Waals surface area contributed by atoms with Gasteiger partial charge < -0.3 is 25.4 Å². The molecule has 7 heteroatoms. The van der Waals surface area contributed by atoms with Gasteiger partial charge in [-0.3, -0.25) is 0 Å². The minimum absolute atomic E-state index is 0.0217. The molecule has 0 aromatic heterocycles. The number of aromatic hydroxyl groups is 1. The lowest BCUT2D eigenvalue weighted by molar-refractivity contribution is 0.00644. The maximum atomic E-state index is 12.3. The number of carboxylic acid groups (broad SMARTS) is 1. The van der Waals surface area contributed by atoms with Gasteiger partial charge in [-0.2, -0.15) is 0 Å². The molecule has 0 aliphatic carbocycles. The highest BCUT2D eigenvalue weighted by molar-refractivity contribution is 5.94. The number of benzene rings is 2. The second kappa shape index (κ2) is 7.35. The van der Waals surface area contributed by atoms with Crippen molar-refractivity contribution in [2.24, 2.45) is 0 Å². The Bertz CT molecular complexity index is 838. The van der Waals surface area contributed by atoms with Crippen molar-refractivity contribution in [3.8, 4) is 11.5 Å². The molecular weight excluding hydrogens is 338 g/mol. The fourth-order valence-electron chi connectivity index (χ4n) is 2.26. The van der Waals surface area contributed by atoms with Crippen molar-refractivity contribution in [1.29, 1.82) is 0 Å². The van der Waals surface area contributed by atoms with Gasteiger partial charge in [0.15, 0.2) is 11.5 Å². The number of esters is 1. The van der Waals surface area contributed by atoms with Gasteiger partial charge in [-0.1, -0.05) is 6.07 Å². The summed E-state index contributed by atoms with van der Waals surface area (Å²) in [6.07, 6.45) is 0. The molecule has 0 unspecified atom stereocenters. The van der Waals surface area contributed by atoms with E-state index in [-0.39, 0.29) is 29.2 Å². The summed E-state index contributed by atoms with van der Waals surface area (Å²) in [6, 6.07) is 8.62. The highest BCUT2D eigenvalue weighted by atomic mass is 16.6. The van der Waals surface area contributed by atoms with E-state index >= 15 is 0 Å². The molecule has 0 saturated carbocycles. The molecule has 0 aliphatic heterocycles. The number of phenols is 1. The van der Waals surface area contributed by atoms with E-state index in [0.717, 1.165) is 0 Å². The Morgan fingerprint density at radius 3 is 2.42 bits per heavy atom. The van der Waals surface area contributed by atoms with Crippen molar-refractivity contribution in [3.63, 3.8) is 0 Å². The lowest BCUT2D eigenvalue weighted by atomic mass is 10.1. The summed E-state index contributed by atoms with van der Waals surface area (Å²) in [5.74, 6) is -2.13. The number of rotatable bonds is 5. The van der Waals surface area contributed by atoms with Crippen LogP contribution in [0.15, 0.2) is 36.4 Å². The van der Waals surface area contributed by atoms with Crippen molar-refractivity contribution in [2.75, 3.05) is 5.73 Å². The Hall–Kier alpha value is -3.22. The standard InChI is InChI=1S/C19H21NO6/c1-19(2,3)26-18(24)14-5-4-6-15(21)16(14)25-10-11-9-12(20)7-8-13(11)17(22)23/h4-9,21H,10,20H2,1-3H3,(H,22,23). The normalized spacial score (nSPS) is 11.0. The molecule has 0 heterocycles. The number of para-hydroxylation sites is 1. The van der Waals surface area contributed by atoms with E-state index in [2.05, 4.69) is 0 Å². The molecule has 0 spiro atoms. The average Bonchev–Trinajstić information content (AvgIpc) is 2.51. The first-order valence-corrected chi connectivity index (χ1v) is 7.88. The smallest absolute Gasteiger partial charge is 0.342 e. The number of carbonyl (C=O) groups excluding carboxylic acids is 1. The van der Waals surface area contributed by atoms with Crippen molar-refractivity contribution in [3.05, 3.63) is 53.1 Å². The van der Waals surface area contributed by atoms with Gasteiger partial charge in [0, 0.05) is 11.3 Å². The zero-order valence-electron chi connectivity index (χ0n) is 14.8. The predicted molar refractivity (Wildman–Crippen MR) is 95.4 cm³/mol. The summed E-state index contributed by atoms with van der Waals surface area (Å²) >= 11 is 0. The van der Waals surface area contributed by atoms with Gasteiger partial charge in [0.05, 0.1) is 5.56 Å². The van der Waals surface area contributed by atoms with Crippen molar-refractivity contribution in [1.82, 2.24) is 0 Å². The first-order valence-electron chi connectivity index (χ1n) is 7.88. The highest BCUT2D eigenvalue weighted by Gasteiger charge is 2.23. The second-order valence-electron chi connectivity index (χ2n) is 6.67. The summed E-state index contributed by atoms with van der Waals surface area (Å²) in [4.78, 5) is 23.7. The van der Waals surface area contributed by atoms with Gasteiger partial charge in [-0.25, -0.2) is 9.59 Å². The Morgan fingerprint density at radius 1 is 1.12 bits per heavy atom. The summed E-state index contributed by atoms with van der Waals surface area (Å²) in [6.45, 7) is 4.97. The van der Waals surface area contributed by atoms with E-state index < -0.39 is 17.5 Å². The molecule has 2 rings (SSSR count). The van der Waals surface area contributed by atoms with E-state index in [1.54, 1.807) is 20.8 Å². The molecule has 0 saturated heterocycles. The van der Waals surface area contributed by atoms with Crippen molar-refractivity contribution < 1.29 is 29.3 Å². The Kier molecular flexibility index (Phi) is 5.40. The SMILES string of the molecule is CC(C)(C)OC(=O)c1cccc(O)c1OCc1cc(N)ccc1C(=O)O. The maximum Gasteiger partial charge on any atom is 0.342 e. The van der Waals surface area contributed by atoms with Gasteiger partial charge in [0.1, 0.15) is 17.8 Å². The third kappa shape index (κ3) is 4.66. The van der Waals surface area contributed by atoms with E-state index in [0.29, 0.717) is 11.3 Å². The highest BCUT2D eigenvalue weighted by Crippen LogP contribution is 2.32. The number of anilines is 1. The van der Waals surface area contributed by atoms with Gasteiger partial charge in [-0.05, 0) is 51.1 Å². The van der Waals surface area contributed by atoms with Crippen LogP contribution in [0.3, 0.4) is 0 Å². The molecule has 0 aliphatic rings. The molecule has 138 valence electrons. The van der Waals surface area contributed by atoms with E-state index in [9.17, 15) is 19.8 Å². The minimum Gasteiger partial charge on any atom is -0.504 e. The molecule has 7 nitrogen and oxygen atoms in total. The van der Waals surface area contributed by atoms with E-state index in [1.165, 1.54) is 36.4 Å². The molecular formula is C19H21NO6. The average molecular weight is 359 g/mol. The van der Waals surface area contributed by atoms with Crippen LogP contribution in [0.5, 0.6) is 11.5 Å². The number of ether oxygens (including phenoxy) is 2. The Balaban J connectivity index is 2.32. The number of aromatic carboxylic acids is 1. The lowest BCUT2D eigenvalue weighted by Gasteiger charge is -2.21. The van der Waals surface area contributed by atoms with Gasteiger partial charge in [0.25, 0.3) is 0 Å². The minimum atomic E-state index is -1.13. The molecule has 26 heavy (non-hydrogen) atoms. The Labute approximate surface area is 151 Å². The molecule has 0 atom stereocenters. The first kappa shape index (κ1) is 19.1. The van der Waals surface area contributed by atoms with E-state index in [4.69, 9.17) is 15.2 Å². The topological polar surface area (TPSA) is 119 Å². The third-order valence-corrected chi connectivity index (χ3v) is 3.34. The van der Waals surface area contributed by atoms with Gasteiger partial charge in [-0.15, -0.1) is 0 Å². The fraction of sp³-hybridized carbons (Fsp3) is 0.263. The number of carbonyl (C=O) groups is 2. The quantitative estimate of drug-likeness (QED) is 0.554. The predicted octanol–water partition coefficient (Wildman–Crippen LogP) is 3.21. The monoisotopic (exact) mass is 359 g/mol. The largest absolute Gasteiger partial charge is 0.504 e. The zero-order chi connectivity index (χ0) is 19.5. The molecule has 0 fully saturated rings. The molecule has 4 N–H and O–H groups in total. The zero-order valence-corrected chi connectivity index (χ0v) is 14.8. The molecule has 0 radical (unpaired) electrons. The first-order chi connectivity index (χ1) is 12.1. The summed E-state index contributed by atoms with van der Waals surface area (Å²) in [7, 11) is 0. The van der Waals surface area contributed by atoms with Crippen LogP contribution < -0.4 is 10.5 Å². The number of hydrogen-bond acceptors (Lipinski definition) is 6. The molecule has 0 amide bonds. The molecule has 2 aromatic rings.